The number of rotatable bonds is 1. The number of nitrogens with zero attached hydrogens (tertiary/aromatic N) is 2. The van der Waals surface area contributed by atoms with Crippen molar-refractivity contribution in [3.63, 3.8) is 0 Å². The van der Waals surface area contributed by atoms with Crippen molar-refractivity contribution in [3.8, 4) is 0 Å². The van der Waals surface area contributed by atoms with Gasteiger partial charge in [0, 0.05) is 6.92 Å². The zero-order valence-corrected chi connectivity index (χ0v) is 8.74. The van der Waals surface area contributed by atoms with Crippen LogP contribution in [0, 0.1) is 6.92 Å². The van der Waals surface area contributed by atoms with Crippen LogP contribution in [-0.2, 0) is 5.41 Å². The van der Waals surface area contributed by atoms with Gasteiger partial charge in [-0.2, -0.15) is 0 Å². The van der Waals surface area contributed by atoms with E-state index < -0.39 is 0 Å². The molecule has 1 aromatic rings. The van der Waals surface area contributed by atoms with E-state index in [1.807, 2.05) is 6.92 Å². The van der Waals surface area contributed by atoms with E-state index in [4.69, 9.17) is 4.42 Å². The SMILES string of the molecule is CC1=CCC(C)(c2nnc(C)o2)C=C1. The maximum Gasteiger partial charge on any atom is 0.226 e. The number of hydrogen-bond acceptors (Lipinski definition) is 3. The normalized spacial score (nSPS) is 26.4. The van der Waals surface area contributed by atoms with E-state index >= 15 is 0 Å². The summed E-state index contributed by atoms with van der Waals surface area (Å²) in [6.07, 6.45) is 7.36. The second-order valence-electron chi connectivity index (χ2n) is 4.03. The minimum absolute atomic E-state index is 0.124. The predicted octanol–water partition coefficient (Wildman–Crippen LogP) is 2.54. The first-order valence-corrected chi connectivity index (χ1v) is 4.77. The zero-order chi connectivity index (χ0) is 10.2. The molecule has 14 heavy (non-hydrogen) atoms. The van der Waals surface area contributed by atoms with Crippen LogP contribution in [0.2, 0.25) is 0 Å². The Hall–Kier alpha value is -1.38. The lowest BCUT2D eigenvalue weighted by Gasteiger charge is -2.22. The first kappa shape index (κ1) is 9.19. The Kier molecular flexibility index (Phi) is 2.02. The average molecular weight is 190 g/mol. The standard InChI is InChI=1S/C11H14N2O/c1-8-4-6-11(3,7-5-8)10-13-12-9(2)14-10/h4-6H,7H2,1-3H3. The van der Waals surface area contributed by atoms with Crippen LogP contribution >= 0.6 is 0 Å². The molecule has 0 N–H and O–H groups in total. The molecule has 3 heteroatoms. The smallest absolute Gasteiger partial charge is 0.226 e. The molecule has 1 atom stereocenters. The van der Waals surface area contributed by atoms with Crippen LogP contribution in [0.3, 0.4) is 0 Å². The Morgan fingerprint density at radius 3 is 2.64 bits per heavy atom. The van der Waals surface area contributed by atoms with E-state index in [1.165, 1.54) is 5.57 Å². The predicted molar refractivity (Wildman–Crippen MR) is 53.9 cm³/mol. The molecular weight excluding hydrogens is 176 g/mol. The van der Waals surface area contributed by atoms with E-state index in [0.717, 1.165) is 6.42 Å². The minimum Gasteiger partial charge on any atom is -0.425 e. The van der Waals surface area contributed by atoms with Crippen molar-refractivity contribution >= 4 is 0 Å². The maximum atomic E-state index is 5.46. The Balaban J connectivity index is 2.31. The van der Waals surface area contributed by atoms with Gasteiger partial charge in [-0.15, -0.1) is 10.2 Å². The second kappa shape index (κ2) is 3.08. The topological polar surface area (TPSA) is 38.9 Å². The summed E-state index contributed by atoms with van der Waals surface area (Å²) < 4.78 is 5.46. The van der Waals surface area contributed by atoms with Gasteiger partial charge in [-0.1, -0.05) is 23.8 Å². The monoisotopic (exact) mass is 190 g/mol. The fourth-order valence-electron chi connectivity index (χ4n) is 1.51. The lowest BCUT2D eigenvalue weighted by atomic mass is 9.82. The molecule has 0 aliphatic heterocycles. The van der Waals surface area contributed by atoms with E-state index in [1.54, 1.807) is 0 Å². The van der Waals surface area contributed by atoms with E-state index in [0.29, 0.717) is 11.8 Å². The van der Waals surface area contributed by atoms with Crippen molar-refractivity contribution in [2.75, 3.05) is 0 Å². The molecule has 0 radical (unpaired) electrons. The van der Waals surface area contributed by atoms with Gasteiger partial charge in [-0.25, -0.2) is 0 Å². The number of allylic oxidation sites excluding steroid dienone is 4. The molecule has 1 aromatic heterocycles. The Morgan fingerprint density at radius 1 is 1.36 bits per heavy atom. The molecule has 0 bridgehead atoms. The van der Waals surface area contributed by atoms with Crippen molar-refractivity contribution in [2.24, 2.45) is 0 Å². The van der Waals surface area contributed by atoms with Gasteiger partial charge in [0.05, 0.1) is 5.41 Å². The Labute approximate surface area is 83.5 Å². The lowest BCUT2D eigenvalue weighted by Crippen LogP contribution is -2.20. The van der Waals surface area contributed by atoms with Crippen LogP contribution in [0.25, 0.3) is 0 Å². The van der Waals surface area contributed by atoms with Gasteiger partial charge >= 0.3 is 0 Å². The summed E-state index contributed by atoms with van der Waals surface area (Å²) in [4.78, 5) is 0. The molecule has 0 saturated heterocycles. The van der Waals surface area contributed by atoms with Crippen molar-refractivity contribution in [1.82, 2.24) is 10.2 Å². The molecule has 2 rings (SSSR count). The molecule has 74 valence electrons. The molecule has 1 heterocycles. The molecule has 0 aromatic carbocycles. The van der Waals surface area contributed by atoms with Gasteiger partial charge in [0.25, 0.3) is 0 Å². The fraction of sp³-hybridized carbons (Fsp3) is 0.455. The van der Waals surface area contributed by atoms with Crippen molar-refractivity contribution in [3.05, 3.63) is 35.6 Å². The maximum absolute atomic E-state index is 5.46. The van der Waals surface area contributed by atoms with Gasteiger partial charge < -0.3 is 4.42 Å². The van der Waals surface area contributed by atoms with Gasteiger partial charge in [0.15, 0.2) is 0 Å². The van der Waals surface area contributed by atoms with Crippen LogP contribution < -0.4 is 0 Å². The molecule has 0 fully saturated rings. The van der Waals surface area contributed by atoms with Crippen molar-refractivity contribution in [2.45, 2.75) is 32.6 Å². The van der Waals surface area contributed by atoms with Crippen LogP contribution in [0.15, 0.2) is 28.2 Å². The van der Waals surface area contributed by atoms with Gasteiger partial charge in [-0.3, -0.25) is 0 Å². The highest BCUT2D eigenvalue weighted by molar-refractivity contribution is 5.30. The molecule has 0 spiro atoms. The van der Waals surface area contributed by atoms with Crippen LogP contribution in [0.5, 0.6) is 0 Å². The molecule has 0 saturated carbocycles. The summed E-state index contributed by atoms with van der Waals surface area (Å²) in [6, 6.07) is 0. The minimum atomic E-state index is -0.124. The number of hydrogen-bond donors (Lipinski definition) is 0. The third kappa shape index (κ3) is 1.50. The van der Waals surface area contributed by atoms with Crippen LogP contribution in [-0.4, -0.2) is 10.2 Å². The quantitative estimate of drug-likeness (QED) is 0.683. The first-order chi connectivity index (χ1) is 6.60. The highest BCUT2D eigenvalue weighted by atomic mass is 16.4. The number of aromatic nitrogens is 2. The third-order valence-electron chi connectivity index (χ3n) is 2.58. The summed E-state index contributed by atoms with van der Waals surface area (Å²) in [5, 5.41) is 7.92. The van der Waals surface area contributed by atoms with Crippen molar-refractivity contribution < 1.29 is 4.42 Å². The first-order valence-electron chi connectivity index (χ1n) is 4.77. The Morgan fingerprint density at radius 2 is 2.14 bits per heavy atom. The highest BCUT2D eigenvalue weighted by Gasteiger charge is 2.30. The summed E-state index contributed by atoms with van der Waals surface area (Å²) in [5.74, 6) is 1.33. The zero-order valence-electron chi connectivity index (χ0n) is 8.74. The molecule has 1 aliphatic carbocycles. The van der Waals surface area contributed by atoms with Gasteiger partial charge in [-0.05, 0) is 20.3 Å². The van der Waals surface area contributed by atoms with E-state index in [-0.39, 0.29) is 5.41 Å². The molecule has 1 aliphatic rings. The Bertz CT molecular complexity index is 403. The summed E-state index contributed by atoms with van der Waals surface area (Å²) in [5.41, 5.74) is 1.17. The van der Waals surface area contributed by atoms with E-state index in [9.17, 15) is 0 Å². The fourth-order valence-corrected chi connectivity index (χ4v) is 1.51. The highest BCUT2D eigenvalue weighted by Crippen LogP contribution is 2.32. The molecule has 3 nitrogen and oxygen atoms in total. The molecule has 0 amide bonds. The largest absolute Gasteiger partial charge is 0.425 e. The lowest BCUT2D eigenvalue weighted by molar-refractivity contribution is 0.386. The molecular formula is C11H14N2O. The summed E-state index contributed by atoms with van der Waals surface area (Å²) >= 11 is 0. The van der Waals surface area contributed by atoms with Gasteiger partial charge in [0.2, 0.25) is 11.8 Å². The second-order valence-corrected chi connectivity index (χ2v) is 4.03. The number of aryl methyl sites for hydroxylation is 1. The van der Waals surface area contributed by atoms with Crippen LogP contribution in [0.4, 0.5) is 0 Å². The molecule has 1 unspecified atom stereocenters. The third-order valence-corrected chi connectivity index (χ3v) is 2.58. The van der Waals surface area contributed by atoms with Crippen LogP contribution in [0.1, 0.15) is 32.0 Å². The van der Waals surface area contributed by atoms with Crippen molar-refractivity contribution in [1.29, 1.82) is 0 Å². The summed E-state index contributed by atoms with van der Waals surface area (Å²) in [7, 11) is 0. The van der Waals surface area contributed by atoms with Gasteiger partial charge in [0.1, 0.15) is 0 Å². The average Bonchev–Trinajstić information content (AvgIpc) is 2.58. The summed E-state index contributed by atoms with van der Waals surface area (Å²) in [6.45, 7) is 6.02. The van der Waals surface area contributed by atoms with E-state index in [2.05, 4.69) is 42.3 Å².